The highest BCUT2D eigenvalue weighted by Crippen LogP contribution is 2.26. The van der Waals surface area contributed by atoms with E-state index in [0.29, 0.717) is 5.56 Å². The van der Waals surface area contributed by atoms with Crippen LogP contribution in [0.25, 0.3) is 22.4 Å². The van der Waals surface area contributed by atoms with Crippen LogP contribution in [0.3, 0.4) is 0 Å². The Hall–Kier alpha value is -3.86. The van der Waals surface area contributed by atoms with Crippen molar-refractivity contribution >= 4 is 28.7 Å². The molecule has 4 rings (SSSR count). The number of hydrogen-bond acceptors (Lipinski definition) is 6. The summed E-state index contributed by atoms with van der Waals surface area (Å²) in [5.41, 5.74) is 0.178. The molecule has 1 N–H and O–H groups in total. The van der Waals surface area contributed by atoms with Gasteiger partial charge in [0.15, 0.2) is 11.5 Å². The van der Waals surface area contributed by atoms with E-state index in [4.69, 9.17) is 0 Å². The second kappa shape index (κ2) is 9.56. The maximum Gasteiger partial charge on any atom is 0.332 e. The normalized spacial score (nSPS) is 11.1. The van der Waals surface area contributed by atoms with Gasteiger partial charge in [-0.3, -0.25) is 18.7 Å². The van der Waals surface area contributed by atoms with Crippen molar-refractivity contribution in [2.24, 2.45) is 14.1 Å². The Labute approximate surface area is 196 Å². The van der Waals surface area contributed by atoms with Gasteiger partial charge in [0.2, 0.25) is 5.91 Å². The number of thioether (sulfide) groups is 1. The van der Waals surface area contributed by atoms with Gasteiger partial charge in [0, 0.05) is 26.2 Å². The smallest absolute Gasteiger partial charge is 0.332 e. The van der Waals surface area contributed by atoms with Gasteiger partial charge in [-0.25, -0.2) is 23.5 Å². The molecule has 0 radical (unpaired) electrons. The minimum atomic E-state index is -0.585. The van der Waals surface area contributed by atoms with Crippen LogP contribution in [-0.4, -0.2) is 30.8 Å². The first-order chi connectivity index (χ1) is 16.2. The number of aryl methyl sites for hydroxylation is 1. The number of hydrogen-bond donors (Lipinski definition) is 1. The summed E-state index contributed by atoms with van der Waals surface area (Å²) in [5, 5.41) is 3.05. The molecule has 0 spiro atoms. The van der Waals surface area contributed by atoms with Crippen LogP contribution < -0.4 is 16.6 Å². The lowest BCUT2D eigenvalue weighted by Gasteiger charge is -2.12. The fraction of sp³-hybridized carbons (Fsp3) is 0.174. The molecule has 34 heavy (non-hydrogen) atoms. The maximum absolute atomic E-state index is 13.4. The van der Waals surface area contributed by atoms with Gasteiger partial charge in [0.1, 0.15) is 22.0 Å². The van der Waals surface area contributed by atoms with E-state index < -0.39 is 17.1 Å². The van der Waals surface area contributed by atoms with Crippen LogP contribution >= 0.6 is 11.8 Å². The van der Waals surface area contributed by atoms with Crippen LogP contribution in [0, 0.1) is 11.6 Å². The molecule has 174 valence electrons. The number of nitrogens with one attached hydrogen (secondary N) is 1. The first-order valence-corrected chi connectivity index (χ1v) is 11.1. The molecule has 0 atom stereocenters. The fourth-order valence-electron chi connectivity index (χ4n) is 3.25. The van der Waals surface area contributed by atoms with Crippen LogP contribution in [0.5, 0.6) is 0 Å². The molecule has 0 aliphatic rings. The van der Waals surface area contributed by atoms with E-state index in [1.165, 1.54) is 55.1 Å². The van der Waals surface area contributed by atoms with Crippen molar-refractivity contribution in [3.8, 4) is 11.4 Å². The number of fused-ring (bicyclic) bond motifs is 1. The largest absolute Gasteiger partial charge is 0.351 e. The van der Waals surface area contributed by atoms with Gasteiger partial charge in [-0.1, -0.05) is 23.9 Å². The van der Waals surface area contributed by atoms with E-state index in [1.807, 2.05) is 0 Å². The Morgan fingerprint density at radius 3 is 2.21 bits per heavy atom. The standard InChI is InChI=1S/C23H19F2N5O3S/c1-29-20-18(22(32)30(2)23(29)33)21(28-19(27-20)14-5-9-16(25)10-6-14)34-12-17(31)26-11-13-3-7-15(24)8-4-13/h3-10H,11-12H2,1-2H3,(H,26,31). The summed E-state index contributed by atoms with van der Waals surface area (Å²) >= 11 is 1.02. The molecule has 0 unspecified atom stereocenters. The Balaban J connectivity index is 1.67. The van der Waals surface area contributed by atoms with Crippen molar-refractivity contribution in [1.29, 1.82) is 0 Å². The predicted octanol–water partition coefficient (Wildman–Crippen LogP) is 2.38. The molecule has 11 heteroatoms. The Morgan fingerprint density at radius 1 is 0.941 bits per heavy atom. The Kier molecular flexibility index (Phi) is 6.55. The molecule has 2 aromatic carbocycles. The molecule has 0 bridgehead atoms. The minimum absolute atomic E-state index is 0.0673. The zero-order valence-corrected chi connectivity index (χ0v) is 19.0. The lowest BCUT2D eigenvalue weighted by atomic mass is 10.2. The predicted molar refractivity (Wildman–Crippen MR) is 124 cm³/mol. The first kappa shape index (κ1) is 23.3. The van der Waals surface area contributed by atoms with Gasteiger partial charge < -0.3 is 5.32 Å². The first-order valence-electron chi connectivity index (χ1n) is 10.1. The monoisotopic (exact) mass is 483 g/mol. The number of rotatable bonds is 6. The minimum Gasteiger partial charge on any atom is -0.351 e. The quantitative estimate of drug-likeness (QED) is 0.334. The third-order valence-electron chi connectivity index (χ3n) is 5.11. The summed E-state index contributed by atoms with van der Waals surface area (Å²) in [6.07, 6.45) is 0. The van der Waals surface area contributed by atoms with Crippen molar-refractivity contribution in [3.63, 3.8) is 0 Å². The lowest BCUT2D eigenvalue weighted by molar-refractivity contribution is -0.118. The third-order valence-corrected chi connectivity index (χ3v) is 6.09. The summed E-state index contributed by atoms with van der Waals surface area (Å²) in [6.45, 7) is 0.210. The Morgan fingerprint density at radius 2 is 1.56 bits per heavy atom. The molecular weight excluding hydrogens is 464 g/mol. The number of amides is 1. The number of aromatic nitrogens is 4. The van der Waals surface area contributed by atoms with Gasteiger partial charge in [-0.15, -0.1) is 0 Å². The molecule has 0 aliphatic heterocycles. The second-order valence-electron chi connectivity index (χ2n) is 7.46. The van der Waals surface area contributed by atoms with Gasteiger partial charge in [-0.2, -0.15) is 0 Å². The zero-order chi connectivity index (χ0) is 24.4. The summed E-state index contributed by atoms with van der Waals surface area (Å²) in [5.74, 6) is -1.01. The van der Waals surface area contributed by atoms with Crippen molar-refractivity contribution < 1.29 is 13.6 Å². The highest BCUT2D eigenvalue weighted by Gasteiger charge is 2.19. The average Bonchev–Trinajstić information content (AvgIpc) is 2.84. The van der Waals surface area contributed by atoms with Gasteiger partial charge >= 0.3 is 5.69 Å². The molecule has 1 amide bonds. The molecule has 8 nitrogen and oxygen atoms in total. The van der Waals surface area contributed by atoms with Crippen LogP contribution in [0.15, 0.2) is 63.1 Å². The molecule has 0 fully saturated rings. The summed E-state index contributed by atoms with van der Waals surface area (Å²) in [6, 6.07) is 11.2. The number of carbonyl (C=O) groups is 1. The van der Waals surface area contributed by atoms with Crippen molar-refractivity contribution in [2.45, 2.75) is 11.6 Å². The number of benzene rings is 2. The number of halogens is 2. The number of nitrogens with zero attached hydrogens (tertiary/aromatic N) is 4. The van der Waals surface area contributed by atoms with E-state index in [1.54, 1.807) is 12.1 Å². The highest BCUT2D eigenvalue weighted by atomic mass is 32.2. The van der Waals surface area contributed by atoms with E-state index in [-0.39, 0.29) is 45.9 Å². The lowest BCUT2D eigenvalue weighted by Crippen LogP contribution is -2.37. The summed E-state index contributed by atoms with van der Waals surface area (Å²) in [4.78, 5) is 46.6. The molecule has 2 heterocycles. The zero-order valence-electron chi connectivity index (χ0n) is 18.2. The molecule has 0 aliphatic carbocycles. The van der Waals surface area contributed by atoms with E-state index in [2.05, 4.69) is 15.3 Å². The third kappa shape index (κ3) is 4.74. The van der Waals surface area contributed by atoms with E-state index in [9.17, 15) is 23.2 Å². The van der Waals surface area contributed by atoms with Crippen molar-refractivity contribution in [2.75, 3.05) is 5.75 Å². The van der Waals surface area contributed by atoms with Crippen molar-refractivity contribution in [1.82, 2.24) is 24.4 Å². The highest BCUT2D eigenvalue weighted by molar-refractivity contribution is 8.00. The maximum atomic E-state index is 13.4. The van der Waals surface area contributed by atoms with Crippen LogP contribution in [0.1, 0.15) is 5.56 Å². The Bertz CT molecular complexity index is 1500. The van der Waals surface area contributed by atoms with Crippen LogP contribution in [0.4, 0.5) is 8.78 Å². The molecule has 2 aromatic heterocycles. The molecule has 0 saturated carbocycles. The summed E-state index contributed by atoms with van der Waals surface area (Å²) < 4.78 is 28.6. The van der Waals surface area contributed by atoms with E-state index >= 15 is 0 Å². The van der Waals surface area contributed by atoms with Crippen LogP contribution in [-0.2, 0) is 25.4 Å². The fourth-order valence-corrected chi connectivity index (χ4v) is 4.09. The summed E-state index contributed by atoms with van der Waals surface area (Å²) in [7, 11) is 2.83. The second-order valence-corrected chi connectivity index (χ2v) is 8.42. The topological polar surface area (TPSA) is 98.9 Å². The van der Waals surface area contributed by atoms with Crippen molar-refractivity contribution in [3.05, 3.63) is 86.6 Å². The van der Waals surface area contributed by atoms with Crippen LogP contribution in [0.2, 0.25) is 0 Å². The van der Waals surface area contributed by atoms with Gasteiger partial charge in [0.25, 0.3) is 5.56 Å². The van der Waals surface area contributed by atoms with Gasteiger partial charge in [-0.05, 0) is 42.0 Å². The average molecular weight is 484 g/mol. The number of carbonyl (C=O) groups excluding carboxylic acids is 1. The molecule has 4 aromatic rings. The molecule has 0 saturated heterocycles. The SMILES string of the molecule is Cn1c(=O)c2c(SCC(=O)NCc3ccc(F)cc3)nc(-c3ccc(F)cc3)nc2n(C)c1=O. The van der Waals surface area contributed by atoms with E-state index in [0.717, 1.165) is 21.9 Å². The molecular formula is C23H19F2N5O3S. The van der Waals surface area contributed by atoms with Gasteiger partial charge in [0.05, 0.1) is 5.75 Å².